The Balaban J connectivity index is 1.76. The van der Waals surface area contributed by atoms with Crippen molar-refractivity contribution in [2.24, 2.45) is 0 Å². The van der Waals surface area contributed by atoms with Crippen molar-refractivity contribution in [3.05, 3.63) is 59.7 Å². The Labute approximate surface area is 118 Å². The van der Waals surface area contributed by atoms with Gasteiger partial charge >= 0.3 is 0 Å². The summed E-state index contributed by atoms with van der Waals surface area (Å²) in [5.41, 5.74) is 3.37. The number of rotatable bonds is 3. The highest BCUT2D eigenvalue weighted by atomic mass is 16.5. The van der Waals surface area contributed by atoms with Crippen molar-refractivity contribution in [1.82, 2.24) is 0 Å². The molecule has 0 spiro atoms. The van der Waals surface area contributed by atoms with Crippen molar-refractivity contribution < 1.29 is 9.53 Å². The summed E-state index contributed by atoms with van der Waals surface area (Å²) in [5.74, 6) is 1.16. The lowest BCUT2D eigenvalue weighted by Crippen LogP contribution is -2.31. The first-order chi connectivity index (χ1) is 9.72. The summed E-state index contributed by atoms with van der Waals surface area (Å²) in [5, 5.41) is 0. The van der Waals surface area contributed by atoms with E-state index in [1.165, 1.54) is 5.56 Å². The van der Waals surface area contributed by atoms with E-state index in [1.54, 1.807) is 6.92 Å². The fourth-order valence-electron chi connectivity index (χ4n) is 2.45. The van der Waals surface area contributed by atoms with E-state index in [2.05, 4.69) is 23.1 Å². The predicted octanol–water partition coefficient (Wildman–Crippen LogP) is 3.17. The van der Waals surface area contributed by atoms with Crippen LogP contribution in [0.4, 0.5) is 5.69 Å². The van der Waals surface area contributed by atoms with E-state index < -0.39 is 0 Å². The molecule has 0 saturated carbocycles. The van der Waals surface area contributed by atoms with Crippen molar-refractivity contribution in [2.45, 2.75) is 19.9 Å². The molecule has 0 saturated heterocycles. The number of ketones is 1. The van der Waals surface area contributed by atoms with Crippen LogP contribution in [0.1, 0.15) is 18.1 Å². The first-order valence-electron chi connectivity index (χ1n) is 6.76. The highest BCUT2D eigenvalue weighted by Gasteiger charge is 2.16. The van der Waals surface area contributed by atoms with E-state index >= 15 is 0 Å². The number of Topliss-reactive ketones (excluding diaryl/α,β-unsaturated/α-hetero) is 1. The van der Waals surface area contributed by atoms with E-state index in [4.69, 9.17) is 4.74 Å². The molecular formula is C17H17NO2. The van der Waals surface area contributed by atoms with E-state index in [-0.39, 0.29) is 5.78 Å². The molecule has 20 heavy (non-hydrogen) atoms. The summed E-state index contributed by atoms with van der Waals surface area (Å²) >= 11 is 0. The second-order valence-electron chi connectivity index (χ2n) is 5.12. The zero-order chi connectivity index (χ0) is 13.9. The van der Waals surface area contributed by atoms with E-state index in [1.807, 2.05) is 30.3 Å². The van der Waals surface area contributed by atoms with Crippen LogP contribution in [0.3, 0.4) is 0 Å². The Morgan fingerprint density at radius 2 is 1.90 bits per heavy atom. The summed E-state index contributed by atoms with van der Waals surface area (Å²) in [6.45, 7) is 3.02. The smallest absolute Gasteiger partial charge is 0.161 e. The molecule has 0 aliphatic carbocycles. The van der Waals surface area contributed by atoms with Crippen LogP contribution in [0.25, 0.3) is 0 Å². The van der Waals surface area contributed by atoms with Crippen molar-refractivity contribution in [2.75, 3.05) is 11.6 Å². The number of benzene rings is 2. The number of fused-ring (bicyclic) bond motifs is 1. The molecule has 0 fully saturated rings. The van der Waals surface area contributed by atoms with Gasteiger partial charge in [0.1, 0.15) is 11.5 Å². The number of ether oxygens (including phenoxy) is 1. The van der Waals surface area contributed by atoms with Crippen LogP contribution in [0.2, 0.25) is 0 Å². The summed E-state index contributed by atoms with van der Waals surface area (Å²) in [7, 11) is 0. The number of carbonyl (C=O) groups is 1. The first-order valence-corrected chi connectivity index (χ1v) is 6.76. The lowest BCUT2D eigenvalue weighted by Gasteiger charge is -2.30. The zero-order valence-electron chi connectivity index (χ0n) is 11.5. The number of anilines is 1. The number of hydrogen-bond donors (Lipinski definition) is 0. The van der Waals surface area contributed by atoms with Crippen LogP contribution in [0.5, 0.6) is 5.75 Å². The van der Waals surface area contributed by atoms with Gasteiger partial charge in [0.25, 0.3) is 0 Å². The minimum atomic E-state index is 0.188. The molecule has 3 heteroatoms. The van der Waals surface area contributed by atoms with Gasteiger partial charge in [-0.05, 0) is 30.7 Å². The molecular weight excluding hydrogens is 250 g/mol. The zero-order valence-corrected chi connectivity index (χ0v) is 11.5. The summed E-state index contributed by atoms with van der Waals surface area (Å²) in [4.78, 5) is 13.3. The minimum Gasteiger partial charge on any atom is -0.473 e. The Morgan fingerprint density at radius 1 is 1.15 bits per heavy atom. The molecule has 0 unspecified atom stereocenters. The maximum atomic E-state index is 11.1. The van der Waals surface area contributed by atoms with Crippen molar-refractivity contribution in [1.29, 1.82) is 0 Å². The molecule has 0 aromatic heterocycles. The molecule has 1 aliphatic rings. The summed E-state index contributed by atoms with van der Waals surface area (Å²) in [6, 6.07) is 16.2. The van der Waals surface area contributed by atoms with Gasteiger partial charge in [-0.1, -0.05) is 30.3 Å². The average molecular weight is 267 g/mol. The summed E-state index contributed by atoms with van der Waals surface area (Å²) < 4.78 is 5.76. The van der Waals surface area contributed by atoms with Gasteiger partial charge in [0.05, 0.1) is 0 Å². The Bertz CT molecular complexity index is 619. The molecule has 1 aliphatic heterocycles. The van der Waals surface area contributed by atoms with Crippen LogP contribution in [0, 0.1) is 0 Å². The normalized spacial score (nSPS) is 13.6. The largest absolute Gasteiger partial charge is 0.473 e. The van der Waals surface area contributed by atoms with Crippen molar-refractivity contribution in [3.63, 3.8) is 0 Å². The second kappa shape index (κ2) is 5.37. The van der Waals surface area contributed by atoms with Crippen LogP contribution in [-0.4, -0.2) is 12.5 Å². The molecule has 2 aromatic carbocycles. The number of nitrogens with zero attached hydrogens (tertiary/aromatic N) is 1. The van der Waals surface area contributed by atoms with Crippen LogP contribution < -0.4 is 9.64 Å². The number of hydrogen-bond acceptors (Lipinski definition) is 3. The highest BCUT2D eigenvalue weighted by molar-refractivity contribution is 5.78. The molecule has 3 rings (SSSR count). The van der Waals surface area contributed by atoms with Crippen LogP contribution >= 0.6 is 0 Å². The fraction of sp³-hybridized carbons (Fsp3) is 0.235. The molecule has 0 atom stereocenters. The van der Waals surface area contributed by atoms with Gasteiger partial charge in [-0.15, -0.1) is 0 Å². The molecule has 0 radical (unpaired) electrons. The molecule has 3 nitrogen and oxygen atoms in total. The quantitative estimate of drug-likeness (QED) is 0.855. The number of para-hydroxylation sites is 1. The Morgan fingerprint density at radius 3 is 2.65 bits per heavy atom. The Kier molecular flexibility index (Phi) is 3.42. The molecule has 102 valence electrons. The molecule has 0 N–H and O–H groups in total. The lowest BCUT2D eigenvalue weighted by molar-refractivity contribution is -0.116. The standard InChI is InChI=1S/C17H17NO2/c1-13(19)10-14-6-8-16(9-7-14)18-11-15-4-2-3-5-17(15)20-12-18/h2-9H,10-12H2,1H3. The van der Waals surface area contributed by atoms with Crippen LogP contribution in [0.15, 0.2) is 48.5 Å². The van der Waals surface area contributed by atoms with Gasteiger partial charge in [0.2, 0.25) is 0 Å². The van der Waals surface area contributed by atoms with Crippen LogP contribution in [-0.2, 0) is 17.8 Å². The van der Waals surface area contributed by atoms with Gasteiger partial charge in [-0.25, -0.2) is 0 Å². The minimum absolute atomic E-state index is 0.188. The topological polar surface area (TPSA) is 29.5 Å². The third-order valence-corrected chi connectivity index (χ3v) is 3.46. The third kappa shape index (κ3) is 2.67. The molecule has 0 bridgehead atoms. The van der Waals surface area contributed by atoms with Gasteiger partial charge in [-0.2, -0.15) is 0 Å². The molecule has 1 heterocycles. The van der Waals surface area contributed by atoms with E-state index in [9.17, 15) is 4.79 Å². The lowest BCUT2D eigenvalue weighted by atomic mass is 10.1. The van der Waals surface area contributed by atoms with Crippen molar-refractivity contribution in [3.8, 4) is 5.75 Å². The van der Waals surface area contributed by atoms with E-state index in [0.717, 1.165) is 23.5 Å². The first kappa shape index (κ1) is 12.7. The maximum Gasteiger partial charge on any atom is 0.161 e. The van der Waals surface area contributed by atoms with E-state index in [0.29, 0.717) is 13.2 Å². The number of carbonyl (C=O) groups excluding carboxylic acids is 1. The van der Waals surface area contributed by atoms with Gasteiger partial charge in [0.15, 0.2) is 6.73 Å². The van der Waals surface area contributed by atoms with Gasteiger partial charge < -0.3 is 9.64 Å². The van der Waals surface area contributed by atoms with Gasteiger partial charge in [-0.3, -0.25) is 4.79 Å². The van der Waals surface area contributed by atoms with Crippen molar-refractivity contribution >= 4 is 11.5 Å². The monoisotopic (exact) mass is 267 g/mol. The average Bonchev–Trinajstić information content (AvgIpc) is 2.47. The predicted molar refractivity (Wildman–Crippen MR) is 78.9 cm³/mol. The second-order valence-corrected chi connectivity index (χ2v) is 5.12. The SMILES string of the molecule is CC(=O)Cc1ccc(N2COc3ccccc3C2)cc1. The Hall–Kier alpha value is -2.29. The van der Waals surface area contributed by atoms with Gasteiger partial charge in [0, 0.05) is 24.2 Å². The fourth-order valence-corrected chi connectivity index (χ4v) is 2.45. The summed E-state index contributed by atoms with van der Waals surface area (Å²) in [6.07, 6.45) is 0.500. The highest BCUT2D eigenvalue weighted by Crippen LogP contribution is 2.28. The molecule has 2 aromatic rings. The third-order valence-electron chi connectivity index (χ3n) is 3.46. The molecule has 0 amide bonds. The maximum absolute atomic E-state index is 11.1.